The molecular formula is C12H12FNO. The van der Waals surface area contributed by atoms with Crippen LogP contribution in [0, 0.1) is 0 Å². The van der Waals surface area contributed by atoms with Gasteiger partial charge in [0.1, 0.15) is 11.5 Å². The third-order valence-corrected chi connectivity index (χ3v) is 1.95. The van der Waals surface area contributed by atoms with Gasteiger partial charge in [-0.1, -0.05) is 24.8 Å². The minimum Gasteiger partial charge on any atom is -0.392 e. The second-order valence-corrected chi connectivity index (χ2v) is 2.92. The standard InChI is InChI=1S/C12H12FNO/c1-3-11(13)12(14-2)10-6-4-5-9(7-10)8-15/h3-7,15H,1-2,8H2/b12-11+. The van der Waals surface area contributed by atoms with E-state index in [9.17, 15) is 4.39 Å². The maximum atomic E-state index is 13.3. The van der Waals surface area contributed by atoms with Crippen LogP contribution < -0.4 is 0 Å². The molecule has 0 aliphatic heterocycles. The largest absolute Gasteiger partial charge is 0.392 e. The van der Waals surface area contributed by atoms with Gasteiger partial charge in [0, 0.05) is 5.56 Å². The molecule has 0 atom stereocenters. The first-order chi connectivity index (χ1) is 7.22. The Bertz CT molecular complexity index is 410. The third-order valence-electron chi connectivity index (χ3n) is 1.95. The summed E-state index contributed by atoms with van der Waals surface area (Å²) in [6.45, 7) is 6.54. The van der Waals surface area contributed by atoms with Crippen molar-refractivity contribution in [2.24, 2.45) is 4.99 Å². The summed E-state index contributed by atoms with van der Waals surface area (Å²) >= 11 is 0. The van der Waals surface area contributed by atoms with E-state index in [1.54, 1.807) is 24.3 Å². The second-order valence-electron chi connectivity index (χ2n) is 2.92. The summed E-state index contributed by atoms with van der Waals surface area (Å²) in [7, 11) is 0. The van der Waals surface area contributed by atoms with E-state index >= 15 is 0 Å². The number of halogens is 1. The van der Waals surface area contributed by atoms with Crippen molar-refractivity contribution in [3.63, 3.8) is 0 Å². The maximum Gasteiger partial charge on any atom is 0.148 e. The van der Waals surface area contributed by atoms with Crippen LogP contribution in [0.15, 0.2) is 47.7 Å². The first kappa shape index (κ1) is 11.3. The molecular weight excluding hydrogens is 193 g/mol. The lowest BCUT2D eigenvalue weighted by Crippen LogP contribution is -1.88. The molecule has 3 heteroatoms. The molecule has 0 saturated carbocycles. The smallest absolute Gasteiger partial charge is 0.148 e. The van der Waals surface area contributed by atoms with Crippen molar-refractivity contribution in [3.8, 4) is 0 Å². The lowest BCUT2D eigenvalue weighted by Gasteiger charge is -2.04. The molecule has 1 rings (SSSR count). The molecule has 1 aromatic carbocycles. The summed E-state index contributed by atoms with van der Waals surface area (Å²) in [6, 6.07) is 6.83. The Labute approximate surface area is 88.1 Å². The predicted molar refractivity (Wildman–Crippen MR) is 60.1 cm³/mol. The van der Waals surface area contributed by atoms with Gasteiger partial charge in [-0.2, -0.15) is 0 Å². The lowest BCUT2D eigenvalue weighted by atomic mass is 10.1. The summed E-state index contributed by atoms with van der Waals surface area (Å²) in [4.78, 5) is 3.61. The van der Waals surface area contributed by atoms with Crippen molar-refractivity contribution in [1.29, 1.82) is 0 Å². The van der Waals surface area contributed by atoms with E-state index in [2.05, 4.69) is 18.3 Å². The Kier molecular flexibility index (Phi) is 3.94. The molecule has 0 unspecified atom stereocenters. The van der Waals surface area contributed by atoms with Gasteiger partial charge in [-0.3, -0.25) is 4.99 Å². The first-order valence-electron chi connectivity index (χ1n) is 4.42. The monoisotopic (exact) mass is 205 g/mol. The Hall–Kier alpha value is -1.74. The quantitative estimate of drug-likeness (QED) is 0.595. The molecule has 0 amide bonds. The van der Waals surface area contributed by atoms with Gasteiger partial charge in [-0.25, -0.2) is 4.39 Å². The number of aliphatic imine (C=N–C) groups is 1. The molecule has 0 bridgehead atoms. The average Bonchev–Trinajstić information content (AvgIpc) is 2.30. The second kappa shape index (κ2) is 5.22. The number of allylic oxidation sites excluding steroid dienone is 2. The minimum atomic E-state index is -0.528. The van der Waals surface area contributed by atoms with Gasteiger partial charge in [0.15, 0.2) is 0 Å². The van der Waals surface area contributed by atoms with Crippen molar-refractivity contribution >= 4 is 12.4 Å². The lowest BCUT2D eigenvalue weighted by molar-refractivity contribution is 0.282. The SMILES string of the molecule is C=C/C(F)=C(\N=C)c1cccc(CO)c1. The molecule has 0 aliphatic carbocycles. The van der Waals surface area contributed by atoms with Gasteiger partial charge in [-0.15, -0.1) is 0 Å². The molecule has 0 saturated heterocycles. The highest BCUT2D eigenvalue weighted by Crippen LogP contribution is 2.22. The van der Waals surface area contributed by atoms with Gasteiger partial charge in [0.25, 0.3) is 0 Å². The van der Waals surface area contributed by atoms with E-state index in [1.165, 1.54) is 0 Å². The summed E-state index contributed by atoms with van der Waals surface area (Å²) in [5.74, 6) is -0.528. The van der Waals surface area contributed by atoms with Crippen LogP contribution in [0.5, 0.6) is 0 Å². The number of aliphatic hydroxyl groups is 1. The van der Waals surface area contributed by atoms with Crippen molar-refractivity contribution in [3.05, 3.63) is 53.9 Å². The van der Waals surface area contributed by atoms with Crippen molar-refractivity contribution in [1.82, 2.24) is 0 Å². The van der Waals surface area contributed by atoms with Gasteiger partial charge in [-0.05, 0) is 24.4 Å². The van der Waals surface area contributed by atoms with E-state index in [-0.39, 0.29) is 12.3 Å². The molecule has 1 N–H and O–H groups in total. The van der Waals surface area contributed by atoms with Crippen LogP contribution in [0.4, 0.5) is 4.39 Å². The number of rotatable bonds is 4. The van der Waals surface area contributed by atoms with E-state index in [4.69, 9.17) is 5.11 Å². The molecule has 0 radical (unpaired) electrons. The highest BCUT2D eigenvalue weighted by molar-refractivity contribution is 5.71. The summed E-state index contributed by atoms with van der Waals surface area (Å²) in [5, 5.41) is 8.94. The Morgan fingerprint density at radius 3 is 2.80 bits per heavy atom. The van der Waals surface area contributed by atoms with Crippen LogP contribution in [0.25, 0.3) is 5.70 Å². The van der Waals surface area contributed by atoms with Gasteiger partial charge in [0.2, 0.25) is 0 Å². The maximum absolute atomic E-state index is 13.3. The van der Waals surface area contributed by atoms with Crippen LogP contribution >= 0.6 is 0 Å². The Morgan fingerprint density at radius 2 is 2.27 bits per heavy atom. The molecule has 2 nitrogen and oxygen atoms in total. The Balaban J connectivity index is 3.24. The summed E-state index contributed by atoms with van der Waals surface area (Å²) in [6.07, 6.45) is 1.08. The summed E-state index contributed by atoms with van der Waals surface area (Å²) < 4.78 is 13.3. The van der Waals surface area contributed by atoms with Gasteiger partial charge in [0.05, 0.1) is 6.61 Å². The van der Waals surface area contributed by atoms with Crippen LogP contribution in [0.2, 0.25) is 0 Å². The van der Waals surface area contributed by atoms with E-state index < -0.39 is 5.83 Å². The molecule has 0 spiro atoms. The third kappa shape index (κ3) is 2.60. The molecule has 0 aliphatic rings. The number of aliphatic hydroxyl groups excluding tert-OH is 1. The fraction of sp³-hybridized carbons (Fsp3) is 0.0833. The highest BCUT2D eigenvalue weighted by Gasteiger charge is 2.05. The van der Waals surface area contributed by atoms with Crippen molar-refractivity contribution in [2.75, 3.05) is 0 Å². The summed E-state index contributed by atoms with van der Waals surface area (Å²) in [5.41, 5.74) is 1.42. The number of hydrogen-bond donors (Lipinski definition) is 1. The fourth-order valence-corrected chi connectivity index (χ4v) is 1.22. The van der Waals surface area contributed by atoms with E-state index in [0.717, 1.165) is 6.08 Å². The molecule has 0 fully saturated rings. The average molecular weight is 205 g/mol. The van der Waals surface area contributed by atoms with Crippen molar-refractivity contribution in [2.45, 2.75) is 6.61 Å². The van der Waals surface area contributed by atoms with Gasteiger partial charge >= 0.3 is 0 Å². The topological polar surface area (TPSA) is 32.6 Å². The van der Waals surface area contributed by atoms with E-state index in [1.807, 2.05) is 0 Å². The first-order valence-corrected chi connectivity index (χ1v) is 4.42. The zero-order chi connectivity index (χ0) is 11.3. The number of hydrogen-bond acceptors (Lipinski definition) is 2. The molecule has 0 aromatic heterocycles. The normalized spacial score (nSPS) is 11.9. The van der Waals surface area contributed by atoms with Crippen molar-refractivity contribution < 1.29 is 9.50 Å². The highest BCUT2D eigenvalue weighted by atomic mass is 19.1. The van der Waals surface area contributed by atoms with Crippen LogP contribution in [-0.2, 0) is 6.61 Å². The zero-order valence-electron chi connectivity index (χ0n) is 8.28. The molecule has 78 valence electrons. The fourth-order valence-electron chi connectivity index (χ4n) is 1.22. The van der Waals surface area contributed by atoms with Crippen LogP contribution in [-0.4, -0.2) is 11.8 Å². The minimum absolute atomic E-state index is 0.0893. The van der Waals surface area contributed by atoms with Crippen LogP contribution in [0.3, 0.4) is 0 Å². The number of benzene rings is 1. The predicted octanol–water partition coefficient (Wildman–Crippen LogP) is 2.70. The molecule has 0 heterocycles. The molecule has 1 aromatic rings. The Morgan fingerprint density at radius 1 is 1.53 bits per heavy atom. The van der Waals surface area contributed by atoms with Crippen LogP contribution in [0.1, 0.15) is 11.1 Å². The van der Waals surface area contributed by atoms with Gasteiger partial charge < -0.3 is 5.11 Å². The molecule has 15 heavy (non-hydrogen) atoms. The zero-order valence-corrected chi connectivity index (χ0v) is 8.28. The number of nitrogens with zero attached hydrogens (tertiary/aromatic N) is 1. The van der Waals surface area contributed by atoms with E-state index in [0.29, 0.717) is 11.1 Å².